The minimum Gasteiger partial charge on any atom is -0.493 e. The number of hydrogen-bond donors (Lipinski definition) is 2. The lowest BCUT2D eigenvalue weighted by Crippen LogP contribution is -2.26. The summed E-state index contributed by atoms with van der Waals surface area (Å²) in [5, 5.41) is 10.5. The summed E-state index contributed by atoms with van der Waals surface area (Å²) in [6.45, 7) is 1.56. The lowest BCUT2D eigenvalue weighted by molar-refractivity contribution is -0.123. The number of hydrogen-bond acceptors (Lipinski definition) is 9. The second kappa shape index (κ2) is 11.0. The third-order valence-corrected chi connectivity index (χ3v) is 8.23. The van der Waals surface area contributed by atoms with Gasteiger partial charge in [0.1, 0.15) is 5.75 Å². The number of ether oxygens (including phenoxy) is 3. The van der Waals surface area contributed by atoms with Crippen LogP contribution >= 0.6 is 11.3 Å². The summed E-state index contributed by atoms with van der Waals surface area (Å²) in [5.74, 6) is 0.841. The summed E-state index contributed by atoms with van der Waals surface area (Å²) in [5.41, 5.74) is 1.66. The van der Waals surface area contributed by atoms with E-state index < -0.39 is 21.8 Å². The molecule has 0 aliphatic rings. The Balaban J connectivity index is 1.69. The van der Waals surface area contributed by atoms with Crippen molar-refractivity contribution in [2.75, 3.05) is 25.3 Å². The molecular weight excluding hydrogens is 514 g/mol. The molecule has 1 heterocycles. The second-order valence-electron chi connectivity index (χ2n) is 7.87. The van der Waals surface area contributed by atoms with Gasteiger partial charge in [-0.1, -0.05) is 30.4 Å². The van der Waals surface area contributed by atoms with Crippen LogP contribution in [-0.2, 0) is 14.6 Å². The number of nitrogens with zero attached hydrogens (tertiary/aromatic N) is 1. The Bertz CT molecular complexity index is 1510. The molecule has 2 N–H and O–H groups in total. The molecule has 0 aliphatic carbocycles. The molecule has 0 aliphatic heterocycles. The fourth-order valence-electron chi connectivity index (χ4n) is 3.57. The van der Waals surface area contributed by atoms with Gasteiger partial charge in [-0.3, -0.25) is 10.1 Å². The Morgan fingerprint density at radius 1 is 1.08 bits per heavy atom. The van der Waals surface area contributed by atoms with Crippen LogP contribution in [0, 0.1) is 5.41 Å². The van der Waals surface area contributed by atoms with Gasteiger partial charge in [0, 0.05) is 23.9 Å². The summed E-state index contributed by atoms with van der Waals surface area (Å²) in [6, 6.07) is 16.3. The molecule has 1 atom stereocenters. The molecule has 0 saturated carbocycles. The minimum absolute atomic E-state index is 0.0715. The Labute approximate surface area is 218 Å². The van der Waals surface area contributed by atoms with Crippen molar-refractivity contribution < 1.29 is 27.4 Å². The average Bonchev–Trinajstić information content (AvgIpc) is 3.32. The Morgan fingerprint density at radius 3 is 2.43 bits per heavy atom. The average molecular weight is 540 g/mol. The van der Waals surface area contributed by atoms with Crippen LogP contribution in [0.3, 0.4) is 0 Å². The summed E-state index contributed by atoms with van der Waals surface area (Å²) < 4.78 is 42.5. The second-order valence-corrected chi connectivity index (χ2v) is 11.2. The molecule has 0 radical (unpaired) electrons. The minimum atomic E-state index is -3.50. The van der Waals surface area contributed by atoms with E-state index in [1.165, 1.54) is 43.9 Å². The predicted octanol–water partition coefficient (Wildman–Crippen LogP) is 4.86. The van der Waals surface area contributed by atoms with Crippen molar-refractivity contribution in [1.29, 1.82) is 5.41 Å². The molecular formula is C26H25N3O6S2. The summed E-state index contributed by atoms with van der Waals surface area (Å²) in [4.78, 5) is 18.1. The zero-order chi connectivity index (χ0) is 26.6. The van der Waals surface area contributed by atoms with Crippen molar-refractivity contribution in [3.63, 3.8) is 0 Å². The van der Waals surface area contributed by atoms with Gasteiger partial charge in [0.05, 0.1) is 35.1 Å². The molecule has 3 aromatic carbocycles. The molecule has 4 rings (SSSR count). The number of thiazole rings is 1. The van der Waals surface area contributed by atoms with Crippen LogP contribution < -0.4 is 19.5 Å². The maximum Gasteiger partial charge on any atom is 0.271 e. The molecule has 192 valence electrons. The first-order valence-electron chi connectivity index (χ1n) is 11.2. The third kappa shape index (κ3) is 5.73. The normalized spacial score (nSPS) is 12.1. The zero-order valence-electron chi connectivity index (χ0n) is 20.3. The molecule has 4 aromatic rings. The van der Waals surface area contributed by atoms with Crippen molar-refractivity contribution in [2.24, 2.45) is 0 Å². The monoisotopic (exact) mass is 539 g/mol. The van der Waals surface area contributed by atoms with Gasteiger partial charge >= 0.3 is 0 Å². The number of carbonyl (C=O) groups excluding carboxylic acids is 1. The van der Waals surface area contributed by atoms with E-state index >= 15 is 0 Å². The number of methoxy groups -OCH3 is 2. The van der Waals surface area contributed by atoms with Crippen LogP contribution in [0.5, 0.6) is 17.2 Å². The first-order valence-corrected chi connectivity index (χ1v) is 13.7. The van der Waals surface area contributed by atoms with Gasteiger partial charge in [0.15, 0.2) is 26.5 Å². The van der Waals surface area contributed by atoms with Gasteiger partial charge in [0.2, 0.25) is 6.10 Å². The van der Waals surface area contributed by atoms with E-state index in [9.17, 15) is 13.2 Å². The zero-order valence-corrected chi connectivity index (χ0v) is 22.0. The lowest BCUT2D eigenvalue weighted by atomic mass is 10.1. The Kier molecular flexibility index (Phi) is 7.74. The number of carbonyl (C=O) groups is 1. The number of nitrogens with one attached hydrogen (secondary N) is 2. The van der Waals surface area contributed by atoms with E-state index in [0.29, 0.717) is 39.0 Å². The smallest absolute Gasteiger partial charge is 0.271 e. The maximum absolute atomic E-state index is 13.5. The molecule has 0 spiro atoms. The number of benzene rings is 3. The Hall–Kier alpha value is -3.96. The molecule has 0 fully saturated rings. The van der Waals surface area contributed by atoms with Crippen molar-refractivity contribution in [1.82, 2.24) is 4.98 Å². The molecule has 9 nitrogen and oxygen atoms in total. The van der Waals surface area contributed by atoms with E-state index in [0.717, 1.165) is 4.70 Å². The molecule has 11 heteroatoms. The van der Waals surface area contributed by atoms with Gasteiger partial charge < -0.3 is 19.6 Å². The fourth-order valence-corrected chi connectivity index (χ4v) is 5.38. The third-order valence-electron chi connectivity index (χ3n) is 5.56. The number of aromatic nitrogens is 1. The topological polar surface area (TPSA) is 128 Å². The lowest BCUT2D eigenvalue weighted by Gasteiger charge is -2.19. The summed E-state index contributed by atoms with van der Waals surface area (Å²) in [7, 11) is -0.429. The van der Waals surface area contributed by atoms with Crippen LogP contribution in [0.4, 0.5) is 5.13 Å². The van der Waals surface area contributed by atoms with E-state index in [1.54, 1.807) is 55.5 Å². The quantitative estimate of drug-likeness (QED) is 0.275. The number of fused-ring (bicyclic) bond motifs is 1. The van der Waals surface area contributed by atoms with E-state index in [1.807, 2.05) is 0 Å². The van der Waals surface area contributed by atoms with Crippen molar-refractivity contribution in [3.05, 3.63) is 71.8 Å². The summed E-state index contributed by atoms with van der Waals surface area (Å²) in [6.07, 6.45) is 0.0263. The van der Waals surface area contributed by atoms with Gasteiger partial charge in [-0.05, 0) is 42.0 Å². The van der Waals surface area contributed by atoms with E-state index in [2.05, 4.69) is 10.3 Å². The molecule has 37 heavy (non-hydrogen) atoms. The number of rotatable bonds is 10. The number of sulfone groups is 1. The standard InChI is InChI=1S/C26H25N3O6S2/c1-4-37(31,32)19-7-5-6-17(12-19)24(35-18-10-8-16(15-27)9-11-18)25(30)29-26-28-20-13-21(33-2)22(34-3)14-23(20)36-26/h5-15,24,27H,4H2,1-3H3,(H,28,29,30). The highest BCUT2D eigenvalue weighted by Gasteiger charge is 2.26. The van der Waals surface area contributed by atoms with E-state index in [-0.39, 0.29) is 10.6 Å². The number of amides is 1. The van der Waals surface area contributed by atoms with Gasteiger partial charge in [-0.15, -0.1) is 0 Å². The van der Waals surface area contributed by atoms with Gasteiger partial charge in [-0.25, -0.2) is 13.4 Å². The highest BCUT2D eigenvalue weighted by Crippen LogP contribution is 2.36. The van der Waals surface area contributed by atoms with Crippen molar-refractivity contribution in [2.45, 2.75) is 17.9 Å². The van der Waals surface area contributed by atoms with Gasteiger partial charge in [0.25, 0.3) is 5.91 Å². The van der Waals surface area contributed by atoms with Crippen molar-refractivity contribution in [3.8, 4) is 17.2 Å². The van der Waals surface area contributed by atoms with Crippen LogP contribution in [0.25, 0.3) is 10.2 Å². The van der Waals surface area contributed by atoms with Crippen LogP contribution in [0.15, 0.2) is 65.6 Å². The Morgan fingerprint density at radius 2 is 1.78 bits per heavy atom. The maximum atomic E-state index is 13.5. The first-order chi connectivity index (χ1) is 17.8. The molecule has 1 aromatic heterocycles. The SMILES string of the molecule is CCS(=O)(=O)c1cccc(C(Oc2ccc(C=N)cc2)C(=O)Nc2nc3cc(OC)c(OC)cc3s2)c1. The predicted molar refractivity (Wildman–Crippen MR) is 143 cm³/mol. The molecule has 0 saturated heterocycles. The fraction of sp³-hybridized carbons (Fsp3) is 0.192. The highest BCUT2D eigenvalue weighted by atomic mass is 32.2. The van der Waals surface area contributed by atoms with Crippen LogP contribution in [0.2, 0.25) is 0 Å². The largest absolute Gasteiger partial charge is 0.493 e. The van der Waals surface area contributed by atoms with Crippen LogP contribution in [-0.4, -0.2) is 45.5 Å². The highest BCUT2D eigenvalue weighted by molar-refractivity contribution is 7.91. The summed E-state index contributed by atoms with van der Waals surface area (Å²) >= 11 is 1.25. The van der Waals surface area contributed by atoms with E-state index in [4.69, 9.17) is 19.6 Å². The van der Waals surface area contributed by atoms with Crippen molar-refractivity contribution >= 4 is 48.6 Å². The number of anilines is 1. The van der Waals surface area contributed by atoms with Gasteiger partial charge in [-0.2, -0.15) is 0 Å². The van der Waals surface area contributed by atoms with Crippen LogP contribution in [0.1, 0.15) is 24.2 Å². The first kappa shape index (κ1) is 26.1. The molecule has 0 bridgehead atoms. The molecule has 1 unspecified atom stereocenters. The molecule has 1 amide bonds.